The Morgan fingerprint density at radius 2 is 1.60 bits per heavy atom. The van der Waals surface area contributed by atoms with Crippen molar-refractivity contribution in [3.05, 3.63) is 106 Å². The Hall–Kier alpha value is -4.27. The number of nitrogens with one attached hydrogen (secondary N) is 2. The summed E-state index contributed by atoms with van der Waals surface area (Å²) in [6, 6.07) is 23.5. The van der Waals surface area contributed by atoms with Crippen molar-refractivity contribution in [3.63, 3.8) is 0 Å². The number of aliphatic carboxylic acids is 1. The Morgan fingerprint density at radius 3 is 2.29 bits per heavy atom. The van der Waals surface area contributed by atoms with Crippen molar-refractivity contribution in [2.45, 2.75) is 24.8 Å². The molecule has 4 aromatic rings. The number of methoxy groups -OCH3 is 1. The van der Waals surface area contributed by atoms with Crippen LogP contribution in [0, 0.1) is 0 Å². The fourth-order valence-corrected chi connectivity index (χ4v) is 5.83. The van der Waals surface area contributed by atoms with E-state index < -0.39 is 5.97 Å². The molecule has 0 bridgehead atoms. The highest BCUT2D eigenvalue weighted by Crippen LogP contribution is 2.42. The molecule has 2 unspecified atom stereocenters. The third-order valence-corrected chi connectivity index (χ3v) is 7.83. The molecule has 1 fully saturated rings. The van der Waals surface area contributed by atoms with Gasteiger partial charge in [0.15, 0.2) is 0 Å². The van der Waals surface area contributed by atoms with Gasteiger partial charge >= 0.3 is 12.0 Å². The van der Waals surface area contributed by atoms with Crippen LogP contribution in [-0.2, 0) is 4.79 Å². The first-order valence-electron chi connectivity index (χ1n) is 13.4. The average molecular weight is 607 g/mol. The fourth-order valence-electron chi connectivity index (χ4n) is 5.29. The minimum Gasteiger partial charge on any atom is -0.497 e. The van der Waals surface area contributed by atoms with Gasteiger partial charge in [0.2, 0.25) is 0 Å². The van der Waals surface area contributed by atoms with Crippen molar-refractivity contribution in [2.75, 3.05) is 25.5 Å². The topological polar surface area (TPSA) is 108 Å². The molecule has 42 heavy (non-hydrogen) atoms. The summed E-state index contributed by atoms with van der Waals surface area (Å²) in [7, 11) is 1.64. The zero-order valence-corrected chi connectivity index (χ0v) is 24.3. The molecule has 10 heteroatoms. The van der Waals surface area contributed by atoms with E-state index in [1.807, 2.05) is 47.4 Å². The van der Waals surface area contributed by atoms with Crippen LogP contribution in [0.2, 0.25) is 10.0 Å². The summed E-state index contributed by atoms with van der Waals surface area (Å²) in [5.41, 5.74) is 2.87. The lowest BCUT2D eigenvalue weighted by atomic mass is 9.93. The molecule has 0 spiro atoms. The van der Waals surface area contributed by atoms with Gasteiger partial charge in [-0.25, -0.2) is 4.79 Å². The number of anilines is 1. The van der Waals surface area contributed by atoms with E-state index >= 15 is 0 Å². The Morgan fingerprint density at radius 1 is 0.905 bits per heavy atom. The Labute approximate surface area is 253 Å². The summed E-state index contributed by atoms with van der Waals surface area (Å²) >= 11 is 12.6. The van der Waals surface area contributed by atoms with Crippen molar-refractivity contribution in [1.82, 2.24) is 10.2 Å². The van der Waals surface area contributed by atoms with E-state index in [1.54, 1.807) is 37.4 Å². The predicted molar refractivity (Wildman–Crippen MR) is 164 cm³/mol. The SMILES string of the molecule is COc1ccc2cc(C3CC(c4cc(Cl)cc(Cl)c4)CN3C(=O)Nc3ccc(C(=O)NCCC(=O)O)cc3)ccc2c1. The molecule has 3 amide bonds. The number of amides is 3. The van der Waals surface area contributed by atoms with Crippen molar-refractivity contribution < 1.29 is 24.2 Å². The van der Waals surface area contributed by atoms with Gasteiger partial charge in [-0.3, -0.25) is 9.59 Å². The van der Waals surface area contributed by atoms with Gasteiger partial charge in [-0.15, -0.1) is 0 Å². The zero-order valence-electron chi connectivity index (χ0n) is 22.8. The second-order valence-electron chi connectivity index (χ2n) is 10.2. The van der Waals surface area contributed by atoms with Gasteiger partial charge < -0.3 is 25.4 Å². The molecule has 4 aromatic carbocycles. The number of carboxylic acids is 1. The quantitative estimate of drug-likeness (QED) is 0.198. The second kappa shape index (κ2) is 12.7. The van der Waals surface area contributed by atoms with Crippen molar-refractivity contribution in [1.29, 1.82) is 0 Å². The van der Waals surface area contributed by atoms with Crippen molar-refractivity contribution in [2.24, 2.45) is 0 Å². The third-order valence-electron chi connectivity index (χ3n) is 7.40. The van der Waals surface area contributed by atoms with Crippen molar-refractivity contribution >= 4 is 57.6 Å². The fraction of sp³-hybridized carbons (Fsp3) is 0.219. The highest BCUT2D eigenvalue weighted by Gasteiger charge is 2.37. The number of ether oxygens (including phenoxy) is 1. The van der Waals surface area contributed by atoms with E-state index in [0.717, 1.165) is 27.6 Å². The van der Waals surface area contributed by atoms with Crippen LogP contribution in [0.15, 0.2) is 78.9 Å². The lowest BCUT2D eigenvalue weighted by molar-refractivity contribution is -0.136. The number of urea groups is 1. The molecule has 2 atom stereocenters. The van der Waals surface area contributed by atoms with Crippen molar-refractivity contribution in [3.8, 4) is 5.75 Å². The number of hydrogen-bond donors (Lipinski definition) is 3. The molecule has 0 aliphatic carbocycles. The number of carbonyl (C=O) groups is 3. The molecule has 0 aromatic heterocycles. The number of fused-ring (bicyclic) bond motifs is 1. The number of halogens is 2. The van der Waals surface area contributed by atoms with Crippen LogP contribution < -0.4 is 15.4 Å². The largest absolute Gasteiger partial charge is 0.497 e. The smallest absolute Gasteiger partial charge is 0.322 e. The van der Waals surface area contributed by atoms with E-state index in [4.69, 9.17) is 33.0 Å². The Bertz CT molecular complexity index is 1620. The molecule has 0 radical (unpaired) electrons. The van der Waals surface area contributed by atoms with Crippen LogP contribution in [0.5, 0.6) is 5.75 Å². The molecule has 3 N–H and O–H groups in total. The third kappa shape index (κ3) is 6.78. The molecule has 1 aliphatic rings. The first-order valence-corrected chi connectivity index (χ1v) is 14.2. The lowest BCUT2D eigenvalue weighted by Crippen LogP contribution is -2.35. The monoisotopic (exact) mass is 605 g/mol. The summed E-state index contributed by atoms with van der Waals surface area (Å²) in [5.74, 6) is -0.581. The van der Waals surface area contributed by atoms with Crippen LogP contribution in [0.3, 0.4) is 0 Å². The highest BCUT2D eigenvalue weighted by molar-refractivity contribution is 6.34. The van der Waals surface area contributed by atoms with Crippen LogP contribution in [0.4, 0.5) is 10.5 Å². The normalized spacial score (nSPS) is 16.3. The minimum absolute atomic E-state index is 0.0142. The van der Waals surface area contributed by atoms with Gasteiger partial charge in [0.1, 0.15) is 5.75 Å². The minimum atomic E-state index is -0.988. The van der Waals surface area contributed by atoms with Gasteiger partial charge in [-0.2, -0.15) is 0 Å². The molecular formula is C32H29Cl2N3O5. The highest BCUT2D eigenvalue weighted by atomic mass is 35.5. The molecule has 5 rings (SSSR count). The summed E-state index contributed by atoms with van der Waals surface area (Å²) < 4.78 is 5.36. The summed E-state index contributed by atoms with van der Waals surface area (Å²) in [6.45, 7) is 0.488. The predicted octanol–water partition coefficient (Wildman–Crippen LogP) is 7.12. The number of carbonyl (C=O) groups excluding carboxylic acids is 2. The van der Waals surface area contributed by atoms with Crippen LogP contribution in [0.1, 0.15) is 46.3 Å². The van der Waals surface area contributed by atoms with Crippen LogP contribution >= 0.6 is 23.2 Å². The van der Waals surface area contributed by atoms with E-state index in [-0.39, 0.29) is 36.9 Å². The molecule has 1 saturated heterocycles. The number of benzene rings is 4. The number of likely N-dealkylation sites (tertiary alicyclic amines) is 1. The molecule has 8 nitrogen and oxygen atoms in total. The summed E-state index contributed by atoms with van der Waals surface area (Å²) in [5, 5.41) is 17.5. The van der Waals surface area contributed by atoms with Crippen LogP contribution in [0.25, 0.3) is 10.8 Å². The summed E-state index contributed by atoms with van der Waals surface area (Å²) in [4.78, 5) is 38.5. The number of nitrogens with zero attached hydrogens (tertiary/aromatic N) is 1. The van der Waals surface area contributed by atoms with Gasteiger partial charge in [0.25, 0.3) is 5.91 Å². The second-order valence-corrected chi connectivity index (χ2v) is 11.1. The Kier molecular flexibility index (Phi) is 8.85. The number of hydrogen-bond acceptors (Lipinski definition) is 4. The summed E-state index contributed by atoms with van der Waals surface area (Å²) in [6.07, 6.45) is 0.520. The first-order chi connectivity index (χ1) is 20.2. The van der Waals surface area contributed by atoms with Gasteiger partial charge in [-0.05, 0) is 89.0 Å². The maximum Gasteiger partial charge on any atom is 0.322 e. The maximum atomic E-state index is 13.7. The zero-order chi connectivity index (χ0) is 29.8. The first kappa shape index (κ1) is 29.2. The standard InChI is InChI=1S/C32H29Cl2N3O5/c1-42-28-9-6-20-12-22(3-2-21(20)15-28)29-16-24(23-13-25(33)17-26(34)14-23)18-37(29)32(41)36-27-7-4-19(5-8-27)31(40)35-11-10-30(38)39/h2-9,12-15,17,24,29H,10-11,16,18H2,1H3,(H,35,40)(H,36,41)(H,38,39). The molecule has 216 valence electrons. The molecule has 1 aliphatic heterocycles. The lowest BCUT2D eigenvalue weighted by Gasteiger charge is -2.25. The molecular weight excluding hydrogens is 577 g/mol. The van der Waals surface area contributed by atoms with Gasteiger partial charge in [0, 0.05) is 40.3 Å². The van der Waals surface area contributed by atoms with Crippen LogP contribution in [-0.4, -0.2) is 48.1 Å². The number of carboxylic acid groups (broad SMARTS) is 1. The van der Waals surface area contributed by atoms with Gasteiger partial charge in [0.05, 0.1) is 19.6 Å². The number of rotatable bonds is 8. The molecule has 0 saturated carbocycles. The van der Waals surface area contributed by atoms with E-state index in [9.17, 15) is 14.4 Å². The van der Waals surface area contributed by atoms with E-state index in [1.165, 1.54) is 0 Å². The van der Waals surface area contributed by atoms with E-state index in [2.05, 4.69) is 16.7 Å². The average Bonchev–Trinajstić information content (AvgIpc) is 3.42. The maximum absolute atomic E-state index is 13.7. The molecule has 1 heterocycles. The Balaban J connectivity index is 1.38. The van der Waals surface area contributed by atoms with Gasteiger partial charge in [-0.1, -0.05) is 41.4 Å². The van der Waals surface area contributed by atoms with E-state index in [0.29, 0.717) is 34.3 Å².